The van der Waals surface area contributed by atoms with Crippen LogP contribution in [0.15, 0.2) is 46.9 Å². The largest absolute Gasteiger partial charge is 0.326 e. The third kappa shape index (κ3) is 2.25. The average molecular weight is 330 g/mol. The van der Waals surface area contributed by atoms with Gasteiger partial charge < -0.3 is 10.3 Å². The fourth-order valence-electron chi connectivity index (χ4n) is 2.44. The fraction of sp³-hybridized carbons (Fsp3) is 0.188. The number of rotatable bonds is 3. The number of hydrogen-bond acceptors (Lipinski definition) is 2. The lowest BCUT2D eigenvalue weighted by atomic mass is 10.2. The molecule has 0 fully saturated rings. The number of fused-ring (bicyclic) bond motifs is 1. The number of halogens is 1. The third-order valence-electron chi connectivity index (χ3n) is 3.47. The summed E-state index contributed by atoms with van der Waals surface area (Å²) < 4.78 is 3.31. The smallest absolute Gasteiger partial charge is 0.141 e. The molecular weight excluding hydrogens is 314 g/mol. The number of imidazole rings is 1. The van der Waals surface area contributed by atoms with E-state index in [0.717, 1.165) is 39.0 Å². The molecule has 3 rings (SSSR count). The number of aromatic nitrogens is 2. The van der Waals surface area contributed by atoms with Gasteiger partial charge in [0.15, 0.2) is 0 Å². The van der Waals surface area contributed by atoms with Gasteiger partial charge in [-0.05, 0) is 36.8 Å². The van der Waals surface area contributed by atoms with Gasteiger partial charge in [0.1, 0.15) is 5.82 Å². The van der Waals surface area contributed by atoms with E-state index in [1.54, 1.807) is 0 Å². The summed E-state index contributed by atoms with van der Waals surface area (Å²) >= 11 is 3.47. The number of nitrogens with two attached hydrogens (primary N) is 1. The Kier molecular flexibility index (Phi) is 3.59. The Hall–Kier alpha value is -1.65. The summed E-state index contributed by atoms with van der Waals surface area (Å²) in [7, 11) is 0. The van der Waals surface area contributed by atoms with E-state index in [9.17, 15) is 0 Å². The van der Waals surface area contributed by atoms with Crippen molar-refractivity contribution in [2.24, 2.45) is 5.73 Å². The molecule has 3 nitrogen and oxygen atoms in total. The predicted molar refractivity (Wildman–Crippen MR) is 86.4 cm³/mol. The highest BCUT2D eigenvalue weighted by atomic mass is 79.9. The van der Waals surface area contributed by atoms with Crippen LogP contribution in [0.2, 0.25) is 0 Å². The van der Waals surface area contributed by atoms with Crippen molar-refractivity contribution in [3.63, 3.8) is 0 Å². The van der Waals surface area contributed by atoms with Crippen molar-refractivity contribution in [2.45, 2.75) is 20.0 Å². The van der Waals surface area contributed by atoms with Crippen LogP contribution in [0.25, 0.3) is 22.4 Å². The first-order valence-electron chi connectivity index (χ1n) is 6.68. The normalized spacial score (nSPS) is 11.2. The highest BCUT2D eigenvalue weighted by molar-refractivity contribution is 9.10. The van der Waals surface area contributed by atoms with E-state index < -0.39 is 0 Å². The highest BCUT2D eigenvalue weighted by Crippen LogP contribution is 2.26. The van der Waals surface area contributed by atoms with Gasteiger partial charge in [-0.1, -0.05) is 34.1 Å². The molecule has 0 aliphatic rings. The number of nitrogens with zero attached hydrogens (tertiary/aromatic N) is 2. The van der Waals surface area contributed by atoms with E-state index in [4.69, 9.17) is 10.7 Å². The van der Waals surface area contributed by atoms with Crippen LogP contribution in [0.1, 0.15) is 12.5 Å². The van der Waals surface area contributed by atoms with Crippen LogP contribution in [0.4, 0.5) is 0 Å². The van der Waals surface area contributed by atoms with Crippen molar-refractivity contribution in [1.29, 1.82) is 0 Å². The van der Waals surface area contributed by atoms with E-state index in [2.05, 4.69) is 57.8 Å². The number of hydrogen-bond donors (Lipinski definition) is 1. The maximum Gasteiger partial charge on any atom is 0.141 e. The van der Waals surface area contributed by atoms with Gasteiger partial charge in [0, 0.05) is 23.1 Å². The molecule has 2 N–H and O–H groups in total. The number of benzene rings is 2. The summed E-state index contributed by atoms with van der Waals surface area (Å²) in [5.74, 6) is 1.00. The minimum absolute atomic E-state index is 0.544. The molecular formula is C16H16BrN3. The molecule has 0 spiro atoms. The maximum atomic E-state index is 5.71. The summed E-state index contributed by atoms with van der Waals surface area (Å²) in [5, 5.41) is 0. The molecule has 0 atom stereocenters. The minimum atomic E-state index is 0.544. The van der Waals surface area contributed by atoms with Crippen LogP contribution in [-0.4, -0.2) is 9.55 Å². The van der Waals surface area contributed by atoms with Crippen molar-refractivity contribution in [2.75, 3.05) is 0 Å². The molecule has 1 heterocycles. The Morgan fingerprint density at radius 1 is 1.15 bits per heavy atom. The molecule has 0 radical (unpaired) electrons. The molecule has 0 aliphatic heterocycles. The lowest BCUT2D eigenvalue weighted by Crippen LogP contribution is -1.98. The van der Waals surface area contributed by atoms with Crippen LogP contribution in [0, 0.1) is 0 Å². The van der Waals surface area contributed by atoms with Crippen molar-refractivity contribution in [1.82, 2.24) is 9.55 Å². The van der Waals surface area contributed by atoms with Crippen LogP contribution < -0.4 is 5.73 Å². The van der Waals surface area contributed by atoms with E-state index in [1.807, 2.05) is 12.1 Å². The molecule has 0 saturated heterocycles. The molecule has 0 bridgehead atoms. The van der Waals surface area contributed by atoms with Gasteiger partial charge in [0.2, 0.25) is 0 Å². The molecule has 102 valence electrons. The molecule has 0 aliphatic carbocycles. The standard InChI is InChI=1S/C16H16BrN3/c1-2-20-15-8-3-11(10-18)9-14(15)19-16(20)12-4-6-13(17)7-5-12/h3-9H,2,10,18H2,1H3. The molecule has 0 unspecified atom stereocenters. The second-order valence-electron chi connectivity index (χ2n) is 4.71. The van der Waals surface area contributed by atoms with Crippen LogP contribution in [0.3, 0.4) is 0 Å². The second-order valence-corrected chi connectivity index (χ2v) is 5.63. The quantitative estimate of drug-likeness (QED) is 0.790. The van der Waals surface area contributed by atoms with E-state index >= 15 is 0 Å². The second kappa shape index (κ2) is 5.38. The Morgan fingerprint density at radius 2 is 1.90 bits per heavy atom. The minimum Gasteiger partial charge on any atom is -0.326 e. The first kappa shape index (κ1) is 13.3. The number of aryl methyl sites for hydroxylation is 1. The summed E-state index contributed by atoms with van der Waals surface area (Å²) in [4.78, 5) is 4.78. The zero-order chi connectivity index (χ0) is 14.1. The van der Waals surface area contributed by atoms with Gasteiger partial charge in [-0.2, -0.15) is 0 Å². The molecule has 1 aromatic heterocycles. The molecule has 3 aromatic rings. The van der Waals surface area contributed by atoms with E-state index in [-0.39, 0.29) is 0 Å². The summed E-state index contributed by atoms with van der Waals surface area (Å²) in [6, 6.07) is 14.5. The zero-order valence-corrected chi connectivity index (χ0v) is 12.9. The topological polar surface area (TPSA) is 43.8 Å². The summed E-state index contributed by atoms with van der Waals surface area (Å²) in [6.07, 6.45) is 0. The van der Waals surface area contributed by atoms with Gasteiger partial charge >= 0.3 is 0 Å². The summed E-state index contributed by atoms with van der Waals surface area (Å²) in [5.41, 5.74) is 10.1. The lowest BCUT2D eigenvalue weighted by Gasteiger charge is -2.06. The van der Waals surface area contributed by atoms with Crippen LogP contribution >= 0.6 is 15.9 Å². The monoisotopic (exact) mass is 329 g/mol. The Morgan fingerprint density at radius 3 is 2.55 bits per heavy atom. The van der Waals surface area contributed by atoms with Gasteiger partial charge in [-0.25, -0.2) is 4.98 Å². The van der Waals surface area contributed by atoms with Gasteiger partial charge in [0.05, 0.1) is 11.0 Å². The zero-order valence-electron chi connectivity index (χ0n) is 11.3. The van der Waals surface area contributed by atoms with Crippen LogP contribution in [-0.2, 0) is 13.1 Å². The Balaban J connectivity index is 2.21. The Labute approximate surface area is 126 Å². The molecule has 4 heteroatoms. The lowest BCUT2D eigenvalue weighted by molar-refractivity contribution is 0.796. The first-order valence-corrected chi connectivity index (χ1v) is 7.47. The molecule has 2 aromatic carbocycles. The van der Waals surface area contributed by atoms with E-state index in [1.165, 1.54) is 0 Å². The van der Waals surface area contributed by atoms with Crippen molar-refractivity contribution in [3.8, 4) is 11.4 Å². The summed E-state index contributed by atoms with van der Waals surface area (Å²) in [6.45, 7) is 3.58. The van der Waals surface area contributed by atoms with Gasteiger partial charge in [-0.3, -0.25) is 0 Å². The Bertz CT molecular complexity index is 744. The first-order chi connectivity index (χ1) is 9.72. The van der Waals surface area contributed by atoms with Crippen LogP contribution in [0.5, 0.6) is 0 Å². The SMILES string of the molecule is CCn1c(-c2ccc(Br)cc2)nc2cc(CN)ccc21. The maximum absolute atomic E-state index is 5.71. The van der Waals surface area contributed by atoms with Crippen molar-refractivity contribution >= 4 is 27.0 Å². The van der Waals surface area contributed by atoms with Crippen molar-refractivity contribution < 1.29 is 0 Å². The highest BCUT2D eigenvalue weighted by Gasteiger charge is 2.11. The molecule has 20 heavy (non-hydrogen) atoms. The molecule has 0 amide bonds. The molecule has 0 saturated carbocycles. The van der Waals surface area contributed by atoms with Crippen molar-refractivity contribution in [3.05, 3.63) is 52.5 Å². The average Bonchev–Trinajstić information content (AvgIpc) is 2.85. The van der Waals surface area contributed by atoms with E-state index in [0.29, 0.717) is 6.54 Å². The van der Waals surface area contributed by atoms with Gasteiger partial charge in [-0.15, -0.1) is 0 Å². The third-order valence-corrected chi connectivity index (χ3v) is 4.00. The fourth-order valence-corrected chi connectivity index (χ4v) is 2.71. The predicted octanol–water partition coefficient (Wildman–Crippen LogP) is 3.94. The van der Waals surface area contributed by atoms with Gasteiger partial charge in [0.25, 0.3) is 0 Å².